The minimum absolute atomic E-state index is 0.0348. The molecule has 0 bridgehead atoms. The first-order chi connectivity index (χ1) is 12.9. The summed E-state index contributed by atoms with van der Waals surface area (Å²) in [5.74, 6) is -0.672. The van der Waals surface area contributed by atoms with Crippen LogP contribution >= 0.6 is 0 Å². The van der Waals surface area contributed by atoms with Crippen LogP contribution in [0.25, 0.3) is 0 Å². The summed E-state index contributed by atoms with van der Waals surface area (Å²) in [4.78, 5) is 34.5. The number of rotatable bonds is 5. The summed E-state index contributed by atoms with van der Waals surface area (Å²) >= 11 is 0. The van der Waals surface area contributed by atoms with E-state index in [1.165, 1.54) is 23.4 Å². The molecule has 2 aromatic rings. The highest BCUT2D eigenvalue weighted by Gasteiger charge is 2.33. The molecule has 2 aromatic heterocycles. The van der Waals surface area contributed by atoms with E-state index < -0.39 is 9.84 Å². The normalized spacial score (nSPS) is 18.0. The van der Waals surface area contributed by atoms with Crippen LogP contribution in [0.4, 0.5) is 0 Å². The van der Waals surface area contributed by atoms with Gasteiger partial charge in [0, 0.05) is 31.7 Å². The van der Waals surface area contributed by atoms with Gasteiger partial charge >= 0.3 is 0 Å². The number of amides is 2. The standard InChI is InChI=1S/C18H20N4O4S/c1-22(16-5-7-27(25,26)12-16)18(24)14-8-13(9-19-10-14)17(23)21-11-15-4-2-3-6-20-15/h2-4,6,8-10,16H,5,7,11-12H2,1H3,(H,21,23). The van der Waals surface area contributed by atoms with E-state index in [0.717, 1.165) is 0 Å². The summed E-state index contributed by atoms with van der Waals surface area (Å²) in [5, 5.41) is 2.73. The van der Waals surface area contributed by atoms with E-state index in [1.807, 2.05) is 6.07 Å². The van der Waals surface area contributed by atoms with Crippen molar-refractivity contribution in [2.75, 3.05) is 18.6 Å². The Morgan fingerprint density at radius 3 is 2.70 bits per heavy atom. The number of aromatic nitrogens is 2. The van der Waals surface area contributed by atoms with Gasteiger partial charge in [0.1, 0.15) is 0 Å². The van der Waals surface area contributed by atoms with Crippen molar-refractivity contribution in [2.24, 2.45) is 0 Å². The molecule has 3 rings (SSSR count). The second-order valence-corrected chi connectivity index (χ2v) is 8.67. The van der Waals surface area contributed by atoms with Gasteiger partial charge in [-0.15, -0.1) is 0 Å². The van der Waals surface area contributed by atoms with Crippen LogP contribution in [0.5, 0.6) is 0 Å². The highest BCUT2D eigenvalue weighted by molar-refractivity contribution is 7.91. The molecule has 3 heterocycles. The second kappa shape index (κ2) is 7.83. The highest BCUT2D eigenvalue weighted by Crippen LogP contribution is 2.18. The van der Waals surface area contributed by atoms with Gasteiger partial charge in [-0.05, 0) is 24.6 Å². The highest BCUT2D eigenvalue weighted by atomic mass is 32.2. The first-order valence-electron chi connectivity index (χ1n) is 8.46. The molecular formula is C18H20N4O4S. The fraction of sp³-hybridized carbons (Fsp3) is 0.333. The SMILES string of the molecule is CN(C(=O)c1cncc(C(=O)NCc2ccccn2)c1)C1CCS(=O)(=O)C1. The molecule has 27 heavy (non-hydrogen) atoms. The second-order valence-electron chi connectivity index (χ2n) is 6.44. The van der Waals surface area contributed by atoms with E-state index in [9.17, 15) is 18.0 Å². The van der Waals surface area contributed by atoms with Gasteiger partial charge in [-0.1, -0.05) is 6.07 Å². The van der Waals surface area contributed by atoms with Gasteiger partial charge in [-0.2, -0.15) is 0 Å². The van der Waals surface area contributed by atoms with E-state index in [0.29, 0.717) is 12.1 Å². The first-order valence-corrected chi connectivity index (χ1v) is 10.3. The van der Waals surface area contributed by atoms with Crippen LogP contribution in [-0.2, 0) is 16.4 Å². The molecule has 142 valence electrons. The summed E-state index contributed by atoms with van der Waals surface area (Å²) in [5.41, 5.74) is 1.21. The fourth-order valence-corrected chi connectivity index (χ4v) is 4.68. The van der Waals surface area contributed by atoms with Crippen molar-refractivity contribution in [1.29, 1.82) is 0 Å². The monoisotopic (exact) mass is 388 g/mol. The molecule has 2 amide bonds. The van der Waals surface area contributed by atoms with Crippen molar-refractivity contribution in [2.45, 2.75) is 19.0 Å². The molecule has 0 spiro atoms. The topological polar surface area (TPSA) is 109 Å². The van der Waals surface area contributed by atoms with Gasteiger partial charge < -0.3 is 10.2 Å². The Morgan fingerprint density at radius 1 is 1.26 bits per heavy atom. The van der Waals surface area contributed by atoms with E-state index >= 15 is 0 Å². The number of hydrogen-bond donors (Lipinski definition) is 1. The van der Waals surface area contributed by atoms with Crippen molar-refractivity contribution >= 4 is 21.7 Å². The summed E-state index contributed by atoms with van der Waals surface area (Å²) in [6.45, 7) is 0.262. The fourth-order valence-electron chi connectivity index (χ4n) is 2.91. The smallest absolute Gasteiger partial charge is 0.255 e. The molecular weight excluding hydrogens is 368 g/mol. The number of carbonyl (C=O) groups is 2. The number of nitrogens with zero attached hydrogens (tertiary/aromatic N) is 3. The molecule has 1 saturated heterocycles. The number of nitrogens with one attached hydrogen (secondary N) is 1. The zero-order valence-corrected chi connectivity index (χ0v) is 15.6. The average Bonchev–Trinajstić information content (AvgIpc) is 3.05. The van der Waals surface area contributed by atoms with Crippen LogP contribution in [0.15, 0.2) is 42.9 Å². The minimum Gasteiger partial charge on any atom is -0.346 e. The Morgan fingerprint density at radius 2 is 2.04 bits per heavy atom. The number of pyridine rings is 2. The third kappa shape index (κ3) is 4.68. The van der Waals surface area contributed by atoms with Crippen molar-refractivity contribution in [1.82, 2.24) is 20.2 Å². The van der Waals surface area contributed by atoms with Gasteiger partial charge in [-0.25, -0.2) is 8.42 Å². The Balaban J connectivity index is 1.67. The minimum atomic E-state index is -3.09. The molecule has 1 aliphatic rings. The molecule has 1 unspecified atom stereocenters. The maximum absolute atomic E-state index is 12.6. The quantitative estimate of drug-likeness (QED) is 0.806. The lowest BCUT2D eigenvalue weighted by Gasteiger charge is -2.23. The lowest BCUT2D eigenvalue weighted by atomic mass is 10.1. The van der Waals surface area contributed by atoms with Crippen molar-refractivity contribution < 1.29 is 18.0 Å². The molecule has 1 aliphatic heterocycles. The lowest BCUT2D eigenvalue weighted by molar-refractivity contribution is 0.0747. The molecule has 1 N–H and O–H groups in total. The molecule has 0 radical (unpaired) electrons. The zero-order valence-electron chi connectivity index (χ0n) is 14.8. The number of sulfone groups is 1. The lowest BCUT2D eigenvalue weighted by Crippen LogP contribution is -2.38. The average molecular weight is 388 g/mol. The summed E-state index contributed by atoms with van der Waals surface area (Å²) in [6, 6.07) is 6.51. The Labute approximate surface area is 157 Å². The van der Waals surface area contributed by atoms with Crippen LogP contribution in [-0.4, -0.2) is 59.7 Å². The van der Waals surface area contributed by atoms with E-state index in [4.69, 9.17) is 0 Å². The zero-order chi connectivity index (χ0) is 19.4. The van der Waals surface area contributed by atoms with E-state index in [2.05, 4.69) is 15.3 Å². The Bertz CT molecular complexity index is 947. The molecule has 0 aliphatic carbocycles. The van der Waals surface area contributed by atoms with Crippen LogP contribution < -0.4 is 5.32 Å². The molecule has 0 saturated carbocycles. The summed E-state index contributed by atoms with van der Waals surface area (Å²) < 4.78 is 23.3. The summed E-state index contributed by atoms with van der Waals surface area (Å²) in [6.07, 6.45) is 4.81. The van der Waals surface area contributed by atoms with Gasteiger partial charge in [0.25, 0.3) is 11.8 Å². The molecule has 9 heteroatoms. The molecule has 8 nitrogen and oxygen atoms in total. The third-order valence-electron chi connectivity index (χ3n) is 4.48. The third-order valence-corrected chi connectivity index (χ3v) is 6.23. The van der Waals surface area contributed by atoms with Crippen molar-refractivity contribution in [3.63, 3.8) is 0 Å². The van der Waals surface area contributed by atoms with Gasteiger partial charge in [0.2, 0.25) is 0 Å². The van der Waals surface area contributed by atoms with Crippen LogP contribution in [0, 0.1) is 0 Å². The first kappa shape index (κ1) is 19.0. The van der Waals surface area contributed by atoms with Crippen LogP contribution in [0.2, 0.25) is 0 Å². The van der Waals surface area contributed by atoms with Crippen molar-refractivity contribution in [3.8, 4) is 0 Å². The van der Waals surface area contributed by atoms with Gasteiger partial charge in [0.05, 0.1) is 34.9 Å². The largest absolute Gasteiger partial charge is 0.346 e. The number of hydrogen-bond acceptors (Lipinski definition) is 6. The number of carbonyl (C=O) groups excluding carboxylic acids is 2. The van der Waals surface area contributed by atoms with Gasteiger partial charge in [-0.3, -0.25) is 19.6 Å². The predicted molar refractivity (Wildman–Crippen MR) is 98.8 cm³/mol. The molecule has 1 atom stereocenters. The van der Waals surface area contributed by atoms with Crippen LogP contribution in [0.1, 0.15) is 32.8 Å². The maximum Gasteiger partial charge on any atom is 0.255 e. The van der Waals surface area contributed by atoms with Gasteiger partial charge in [0.15, 0.2) is 9.84 Å². The Hall–Kier alpha value is -2.81. The van der Waals surface area contributed by atoms with E-state index in [1.54, 1.807) is 25.4 Å². The van der Waals surface area contributed by atoms with Crippen molar-refractivity contribution in [3.05, 3.63) is 59.7 Å². The van der Waals surface area contributed by atoms with E-state index in [-0.39, 0.29) is 47.0 Å². The summed E-state index contributed by atoms with van der Waals surface area (Å²) in [7, 11) is -1.52. The predicted octanol–water partition coefficient (Wildman–Crippen LogP) is 0.666. The molecule has 0 aromatic carbocycles. The van der Waals surface area contributed by atoms with Crippen LogP contribution in [0.3, 0.4) is 0 Å². The molecule has 1 fully saturated rings. The maximum atomic E-state index is 12.6. The Kier molecular flexibility index (Phi) is 5.50.